The molecule has 1 atom stereocenters. The minimum atomic E-state index is 0.138. The first-order valence-corrected chi connectivity index (χ1v) is 6.52. The van der Waals surface area contributed by atoms with Crippen LogP contribution in [0.5, 0.6) is 0 Å². The molecule has 1 aliphatic rings. The predicted molar refractivity (Wildman–Crippen MR) is 73.5 cm³/mol. The van der Waals surface area contributed by atoms with E-state index >= 15 is 0 Å². The molecule has 0 aromatic carbocycles. The van der Waals surface area contributed by atoms with Crippen LogP contribution in [0.25, 0.3) is 0 Å². The van der Waals surface area contributed by atoms with E-state index in [9.17, 15) is 5.11 Å². The van der Waals surface area contributed by atoms with Crippen LogP contribution < -0.4 is 0 Å². The lowest BCUT2D eigenvalue weighted by Gasteiger charge is -2.13. The summed E-state index contributed by atoms with van der Waals surface area (Å²) >= 11 is 0. The molecule has 18 heavy (non-hydrogen) atoms. The lowest BCUT2D eigenvalue weighted by Crippen LogP contribution is -2.12. The van der Waals surface area contributed by atoms with Crippen molar-refractivity contribution in [3.63, 3.8) is 0 Å². The van der Waals surface area contributed by atoms with E-state index in [1.807, 2.05) is 0 Å². The average molecular weight is 252 g/mol. The number of hydrogen-bond donors (Lipinski definition) is 1. The molecule has 1 N–H and O–H groups in total. The van der Waals surface area contributed by atoms with Crippen molar-refractivity contribution in [3.05, 3.63) is 36.5 Å². The van der Waals surface area contributed by atoms with Gasteiger partial charge in [0.05, 0.1) is 33.0 Å². The Morgan fingerprint density at radius 3 is 2.61 bits per heavy atom. The lowest BCUT2D eigenvalue weighted by molar-refractivity contribution is 0.130. The third-order valence-corrected chi connectivity index (χ3v) is 3.25. The van der Waals surface area contributed by atoms with E-state index in [4.69, 9.17) is 9.47 Å². The summed E-state index contributed by atoms with van der Waals surface area (Å²) < 4.78 is 10.9. The highest BCUT2D eigenvalue weighted by atomic mass is 16.5. The third kappa shape index (κ3) is 4.77. The summed E-state index contributed by atoms with van der Waals surface area (Å²) in [5.41, 5.74) is 2.50. The van der Waals surface area contributed by atoms with Crippen molar-refractivity contribution in [2.24, 2.45) is 5.92 Å². The van der Waals surface area contributed by atoms with Gasteiger partial charge in [-0.25, -0.2) is 0 Å². The van der Waals surface area contributed by atoms with Gasteiger partial charge < -0.3 is 14.6 Å². The van der Waals surface area contributed by atoms with Crippen LogP contribution in [0.1, 0.15) is 19.3 Å². The maximum absolute atomic E-state index is 9.48. The Kier molecular flexibility index (Phi) is 7.65. The molecule has 102 valence electrons. The van der Waals surface area contributed by atoms with E-state index in [2.05, 4.69) is 13.2 Å². The highest BCUT2D eigenvalue weighted by molar-refractivity contribution is 5.23. The molecule has 3 nitrogen and oxygen atoms in total. The second-order valence-electron chi connectivity index (χ2n) is 4.46. The van der Waals surface area contributed by atoms with Gasteiger partial charge in [0.1, 0.15) is 0 Å². The molecule has 0 bridgehead atoms. The first kappa shape index (κ1) is 15.2. The van der Waals surface area contributed by atoms with Crippen LogP contribution in [-0.4, -0.2) is 38.1 Å². The maximum Gasteiger partial charge on any atom is 0.0647 e. The van der Waals surface area contributed by atoms with Gasteiger partial charge in [-0.1, -0.05) is 17.7 Å². The predicted octanol–water partition coefficient (Wildman–Crippen LogP) is 2.48. The van der Waals surface area contributed by atoms with Gasteiger partial charge in [0.15, 0.2) is 0 Å². The minimum absolute atomic E-state index is 0.138. The van der Waals surface area contributed by atoms with E-state index in [0.717, 1.165) is 24.8 Å². The van der Waals surface area contributed by atoms with Crippen LogP contribution in [0, 0.1) is 5.92 Å². The third-order valence-electron chi connectivity index (χ3n) is 3.25. The molecule has 1 rings (SSSR count). The van der Waals surface area contributed by atoms with Crippen molar-refractivity contribution in [1.82, 2.24) is 0 Å². The van der Waals surface area contributed by atoms with Crippen molar-refractivity contribution < 1.29 is 14.6 Å². The first-order valence-electron chi connectivity index (χ1n) is 6.52. The van der Waals surface area contributed by atoms with Gasteiger partial charge in [-0.15, -0.1) is 13.2 Å². The van der Waals surface area contributed by atoms with Gasteiger partial charge in [0.2, 0.25) is 0 Å². The Morgan fingerprint density at radius 1 is 1.22 bits per heavy atom. The average Bonchev–Trinajstić information content (AvgIpc) is 2.77. The topological polar surface area (TPSA) is 38.7 Å². The zero-order valence-electron chi connectivity index (χ0n) is 11.1. The first-order chi connectivity index (χ1) is 8.83. The standard InChI is InChI=1S/C15H24O3/c1-3-8-17-10-7-13-5-6-14(15(13)11-16)12-18-9-4-2/h3-4,14,16H,1-2,5-12H2/t14-/m0/s1. The van der Waals surface area contributed by atoms with Crippen LogP contribution in [-0.2, 0) is 9.47 Å². The number of ether oxygens (including phenoxy) is 2. The van der Waals surface area contributed by atoms with Crippen LogP contribution in [0.2, 0.25) is 0 Å². The normalized spacial score (nSPS) is 19.3. The summed E-state index contributed by atoms with van der Waals surface area (Å²) in [6, 6.07) is 0. The molecule has 0 aliphatic heterocycles. The van der Waals surface area contributed by atoms with E-state index in [0.29, 0.717) is 32.3 Å². The smallest absolute Gasteiger partial charge is 0.0647 e. The largest absolute Gasteiger partial charge is 0.392 e. The van der Waals surface area contributed by atoms with E-state index in [1.54, 1.807) is 12.2 Å². The molecule has 0 aromatic rings. The second-order valence-corrected chi connectivity index (χ2v) is 4.46. The molecule has 0 heterocycles. The van der Waals surface area contributed by atoms with Crippen molar-refractivity contribution in [2.75, 3.05) is 33.0 Å². The van der Waals surface area contributed by atoms with Crippen LogP contribution >= 0.6 is 0 Å². The molecule has 0 fully saturated rings. The summed E-state index contributed by atoms with van der Waals surface area (Å²) in [6.45, 7) is 9.92. The van der Waals surface area contributed by atoms with Crippen molar-refractivity contribution >= 4 is 0 Å². The molecule has 0 amide bonds. The van der Waals surface area contributed by atoms with Crippen molar-refractivity contribution in [3.8, 4) is 0 Å². The molecular formula is C15H24O3. The lowest BCUT2D eigenvalue weighted by atomic mass is 10.0. The van der Waals surface area contributed by atoms with Crippen molar-refractivity contribution in [2.45, 2.75) is 19.3 Å². The molecule has 0 saturated heterocycles. The molecule has 0 aromatic heterocycles. The zero-order chi connectivity index (χ0) is 13.2. The molecule has 0 unspecified atom stereocenters. The number of aliphatic hydroxyl groups is 1. The highest BCUT2D eigenvalue weighted by Gasteiger charge is 2.24. The van der Waals surface area contributed by atoms with Gasteiger partial charge in [-0.3, -0.25) is 0 Å². The molecule has 0 radical (unpaired) electrons. The fourth-order valence-corrected chi connectivity index (χ4v) is 2.34. The molecular weight excluding hydrogens is 228 g/mol. The summed E-state index contributed by atoms with van der Waals surface area (Å²) in [7, 11) is 0. The summed E-state index contributed by atoms with van der Waals surface area (Å²) in [6.07, 6.45) is 6.53. The van der Waals surface area contributed by atoms with Gasteiger partial charge in [-0.05, 0) is 24.8 Å². The van der Waals surface area contributed by atoms with Crippen LogP contribution in [0.3, 0.4) is 0 Å². The number of rotatable bonds is 10. The fraction of sp³-hybridized carbons (Fsp3) is 0.600. The summed E-state index contributed by atoms with van der Waals surface area (Å²) in [5.74, 6) is 0.365. The Morgan fingerprint density at radius 2 is 1.94 bits per heavy atom. The van der Waals surface area contributed by atoms with Crippen LogP contribution in [0.15, 0.2) is 36.5 Å². The molecule has 1 aliphatic carbocycles. The van der Waals surface area contributed by atoms with Gasteiger partial charge >= 0.3 is 0 Å². The number of hydrogen-bond acceptors (Lipinski definition) is 3. The Bertz CT molecular complexity index is 294. The van der Waals surface area contributed by atoms with E-state index < -0.39 is 0 Å². The molecule has 3 heteroatoms. The van der Waals surface area contributed by atoms with Crippen molar-refractivity contribution in [1.29, 1.82) is 0 Å². The number of aliphatic hydroxyl groups excluding tert-OH is 1. The second kappa shape index (κ2) is 9.09. The monoisotopic (exact) mass is 252 g/mol. The molecule has 0 spiro atoms. The SMILES string of the molecule is C=CCOCCC1=C(CO)[C@H](COCC=C)CC1. The highest BCUT2D eigenvalue weighted by Crippen LogP contribution is 2.33. The zero-order valence-corrected chi connectivity index (χ0v) is 11.1. The summed E-state index contributed by atoms with van der Waals surface area (Å²) in [5, 5.41) is 9.48. The maximum atomic E-state index is 9.48. The van der Waals surface area contributed by atoms with E-state index in [-0.39, 0.29) is 6.61 Å². The quantitative estimate of drug-likeness (QED) is 0.479. The summed E-state index contributed by atoms with van der Waals surface area (Å²) in [4.78, 5) is 0. The Balaban J connectivity index is 2.40. The fourth-order valence-electron chi connectivity index (χ4n) is 2.34. The van der Waals surface area contributed by atoms with Gasteiger partial charge in [0, 0.05) is 5.92 Å². The minimum Gasteiger partial charge on any atom is -0.392 e. The van der Waals surface area contributed by atoms with Crippen LogP contribution in [0.4, 0.5) is 0 Å². The van der Waals surface area contributed by atoms with Gasteiger partial charge in [0.25, 0.3) is 0 Å². The van der Waals surface area contributed by atoms with Gasteiger partial charge in [-0.2, -0.15) is 0 Å². The Labute approximate surface area is 110 Å². The van der Waals surface area contributed by atoms with E-state index in [1.165, 1.54) is 5.57 Å². The Hall–Kier alpha value is -0.900. The molecule has 0 saturated carbocycles.